The quantitative estimate of drug-likeness (QED) is 0.408. The summed E-state index contributed by atoms with van der Waals surface area (Å²) in [7, 11) is 3.48. The van der Waals surface area contributed by atoms with E-state index in [9.17, 15) is 4.79 Å². The number of aliphatic imine (C=N–C) groups is 1. The fraction of sp³-hybridized carbons (Fsp3) is 0.556. The number of benzene rings is 1. The molecule has 0 heterocycles. The van der Waals surface area contributed by atoms with Crippen molar-refractivity contribution in [2.45, 2.75) is 26.8 Å². The van der Waals surface area contributed by atoms with Crippen LogP contribution in [0.25, 0.3) is 0 Å². The molecule has 2 N–H and O–H groups in total. The van der Waals surface area contributed by atoms with Crippen molar-refractivity contribution in [3.63, 3.8) is 0 Å². The number of amides is 1. The van der Waals surface area contributed by atoms with Gasteiger partial charge in [0.05, 0.1) is 13.1 Å². The maximum atomic E-state index is 11.7. The maximum absolute atomic E-state index is 11.7. The van der Waals surface area contributed by atoms with Crippen molar-refractivity contribution in [3.05, 3.63) is 35.4 Å². The Labute approximate surface area is 145 Å². The monoisotopic (exact) mass is 334 g/mol. The molecular formula is C18H30N4O2. The van der Waals surface area contributed by atoms with Gasteiger partial charge in [0.15, 0.2) is 5.96 Å². The summed E-state index contributed by atoms with van der Waals surface area (Å²) in [6.45, 7) is 7.02. The van der Waals surface area contributed by atoms with Crippen LogP contribution in [0.4, 0.5) is 0 Å². The number of guanidine groups is 1. The highest BCUT2D eigenvalue weighted by Gasteiger charge is 2.05. The lowest BCUT2D eigenvalue weighted by molar-refractivity contribution is -0.127. The van der Waals surface area contributed by atoms with Crippen molar-refractivity contribution in [2.75, 3.05) is 40.4 Å². The Morgan fingerprint density at radius 2 is 1.92 bits per heavy atom. The minimum Gasteiger partial charge on any atom is -0.382 e. The van der Waals surface area contributed by atoms with E-state index in [0.29, 0.717) is 19.1 Å². The van der Waals surface area contributed by atoms with Gasteiger partial charge in [-0.1, -0.05) is 29.8 Å². The Morgan fingerprint density at radius 3 is 2.54 bits per heavy atom. The predicted octanol–water partition coefficient (Wildman–Crippen LogP) is 1.55. The highest BCUT2D eigenvalue weighted by molar-refractivity contribution is 5.86. The molecule has 0 unspecified atom stereocenters. The van der Waals surface area contributed by atoms with Gasteiger partial charge in [-0.05, 0) is 25.8 Å². The summed E-state index contributed by atoms with van der Waals surface area (Å²) in [6, 6.07) is 8.28. The van der Waals surface area contributed by atoms with Gasteiger partial charge in [0.2, 0.25) is 5.91 Å². The number of likely N-dealkylation sites (N-methyl/N-ethyl adjacent to an activating group) is 1. The lowest BCUT2D eigenvalue weighted by atomic mass is 10.1. The van der Waals surface area contributed by atoms with Crippen molar-refractivity contribution in [1.29, 1.82) is 0 Å². The largest absolute Gasteiger partial charge is 0.382 e. The van der Waals surface area contributed by atoms with E-state index in [4.69, 9.17) is 4.74 Å². The molecule has 0 radical (unpaired) electrons. The Kier molecular flexibility index (Phi) is 9.53. The minimum absolute atomic E-state index is 0.00847. The Bertz CT molecular complexity index is 512. The molecule has 24 heavy (non-hydrogen) atoms. The molecule has 1 amide bonds. The summed E-state index contributed by atoms with van der Waals surface area (Å²) >= 11 is 0. The molecule has 0 fully saturated rings. The van der Waals surface area contributed by atoms with Gasteiger partial charge in [-0.3, -0.25) is 4.79 Å². The summed E-state index contributed by atoms with van der Waals surface area (Å²) in [5, 5.41) is 6.32. The molecule has 0 bridgehead atoms. The topological polar surface area (TPSA) is 66.0 Å². The number of ether oxygens (including phenoxy) is 1. The van der Waals surface area contributed by atoms with Crippen LogP contribution >= 0.6 is 0 Å². The molecule has 0 aromatic heterocycles. The average molecular weight is 334 g/mol. The first-order valence-corrected chi connectivity index (χ1v) is 8.38. The number of nitrogens with zero attached hydrogens (tertiary/aromatic N) is 2. The van der Waals surface area contributed by atoms with E-state index >= 15 is 0 Å². The van der Waals surface area contributed by atoms with Crippen molar-refractivity contribution in [2.24, 2.45) is 4.99 Å². The smallest absolute Gasteiger partial charge is 0.241 e. The van der Waals surface area contributed by atoms with Gasteiger partial charge in [-0.15, -0.1) is 0 Å². The standard InChI is InChI=1S/C18H30N4O2/c1-5-24-12-6-11-19-18(21-14-17(23)22(3)4)20-13-16-9-7-15(2)8-10-16/h7-10H,5-6,11-14H2,1-4H3,(H2,19,20,21). The Hall–Kier alpha value is -2.08. The SMILES string of the molecule is CCOCCCNC(=NCc1ccc(C)cc1)NCC(=O)N(C)C. The third-order valence-corrected chi connectivity index (χ3v) is 3.41. The molecule has 1 rings (SSSR count). The molecule has 0 saturated carbocycles. The van der Waals surface area contributed by atoms with Crippen molar-refractivity contribution in [3.8, 4) is 0 Å². The molecule has 0 aliphatic carbocycles. The van der Waals surface area contributed by atoms with Crippen LogP contribution in [0, 0.1) is 6.92 Å². The number of rotatable bonds is 9. The van der Waals surface area contributed by atoms with E-state index in [1.54, 1.807) is 19.0 Å². The summed E-state index contributed by atoms with van der Waals surface area (Å²) < 4.78 is 5.32. The average Bonchev–Trinajstić information content (AvgIpc) is 2.57. The fourth-order valence-corrected chi connectivity index (χ4v) is 1.88. The van der Waals surface area contributed by atoms with E-state index < -0.39 is 0 Å². The molecular weight excluding hydrogens is 304 g/mol. The van der Waals surface area contributed by atoms with Gasteiger partial charge in [0.25, 0.3) is 0 Å². The lowest BCUT2D eigenvalue weighted by Crippen LogP contribution is -2.43. The number of hydrogen-bond donors (Lipinski definition) is 2. The molecule has 1 aromatic rings. The van der Waals surface area contributed by atoms with Crippen LogP contribution in [0.2, 0.25) is 0 Å². The van der Waals surface area contributed by atoms with Gasteiger partial charge >= 0.3 is 0 Å². The van der Waals surface area contributed by atoms with E-state index in [2.05, 4.69) is 46.8 Å². The number of nitrogens with one attached hydrogen (secondary N) is 2. The van der Waals surface area contributed by atoms with Crippen LogP contribution in [0.3, 0.4) is 0 Å². The highest BCUT2D eigenvalue weighted by atomic mass is 16.5. The van der Waals surface area contributed by atoms with Crippen LogP contribution in [-0.4, -0.2) is 57.2 Å². The summed E-state index contributed by atoms with van der Waals surface area (Å²) in [6.07, 6.45) is 0.890. The summed E-state index contributed by atoms with van der Waals surface area (Å²) in [4.78, 5) is 17.8. The van der Waals surface area contributed by atoms with Gasteiger partial charge < -0.3 is 20.3 Å². The second kappa shape index (κ2) is 11.5. The molecule has 6 heteroatoms. The zero-order chi connectivity index (χ0) is 17.8. The lowest BCUT2D eigenvalue weighted by Gasteiger charge is -2.15. The Balaban J connectivity index is 2.55. The van der Waals surface area contributed by atoms with Crippen LogP contribution < -0.4 is 10.6 Å². The highest BCUT2D eigenvalue weighted by Crippen LogP contribution is 2.04. The third kappa shape index (κ3) is 8.53. The number of carbonyl (C=O) groups is 1. The zero-order valence-corrected chi connectivity index (χ0v) is 15.3. The molecule has 134 valence electrons. The molecule has 0 spiro atoms. The third-order valence-electron chi connectivity index (χ3n) is 3.41. The van der Waals surface area contributed by atoms with Crippen molar-refractivity contribution in [1.82, 2.24) is 15.5 Å². The van der Waals surface area contributed by atoms with Crippen LogP contribution in [0.1, 0.15) is 24.5 Å². The molecule has 0 saturated heterocycles. The predicted molar refractivity (Wildman–Crippen MR) is 98.1 cm³/mol. The van der Waals surface area contributed by atoms with Gasteiger partial charge in [0, 0.05) is 33.9 Å². The van der Waals surface area contributed by atoms with Gasteiger partial charge in [-0.25, -0.2) is 4.99 Å². The molecule has 1 aromatic carbocycles. The number of carbonyl (C=O) groups excluding carboxylic acids is 1. The zero-order valence-electron chi connectivity index (χ0n) is 15.3. The fourth-order valence-electron chi connectivity index (χ4n) is 1.88. The van der Waals surface area contributed by atoms with Crippen LogP contribution in [0.15, 0.2) is 29.3 Å². The second-order valence-corrected chi connectivity index (χ2v) is 5.77. The van der Waals surface area contributed by atoms with E-state index in [0.717, 1.165) is 25.1 Å². The summed E-state index contributed by atoms with van der Waals surface area (Å²) in [5.74, 6) is 0.649. The number of aryl methyl sites for hydroxylation is 1. The molecule has 0 aliphatic rings. The first-order chi connectivity index (χ1) is 11.5. The first-order valence-electron chi connectivity index (χ1n) is 8.38. The second-order valence-electron chi connectivity index (χ2n) is 5.77. The van der Waals surface area contributed by atoms with Crippen molar-refractivity contribution < 1.29 is 9.53 Å². The molecule has 0 aliphatic heterocycles. The normalized spacial score (nSPS) is 11.2. The van der Waals surface area contributed by atoms with Crippen molar-refractivity contribution >= 4 is 11.9 Å². The van der Waals surface area contributed by atoms with Gasteiger partial charge in [0.1, 0.15) is 0 Å². The van der Waals surface area contributed by atoms with Crippen LogP contribution in [-0.2, 0) is 16.1 Å². The van der Waals surface area contributed by atoms with E-state index in [-0.39, 0.29) is 12.5 Å². The summed E-state index contributed by atoms with van der Waals surface area (Å²) in [5.41, 5.74) is 2.36. The van der Waals surface area contributed by atoms with Crippen LogP contribution in [0.5, 0.6) is 0 Å². The van der Waals surface area contributed by atoms with E-state index in [1.165, 1.54) is 5.56 Å². The van der Waals surface area contributed by atoms with E-state index in [1.807, 2.05) is 6.92 Å². The Morgan fingerprint density at radius 1 is 1.21 bits per heavy atom. The minimum atomic E-state index is 0.00847. The number of hydrogen-bond acceptors (Lipinski definition) is 3. The first kappa shape index (κ1) is 20.0. The maximum Gasteiger partial charge on any atom is 0.241 e. The van der Waals surface area contributed by atoms with Gasteiger partial charge in [-0.2, -0.15) is 0 Å². The molecule has 6 nitrogen and oxygen atoms in total. The molecule has 0 atom stereocenters.